The van der Waals surface area contributed by atoms with Crippen LogP contribution < -0.4 is 16.0 Å². The van der Waals surface area contributed by atoms with Crippen molar-refractivity contribution in [2.75, 3.05) is 18.9 Å². The fourth-order valence-corrected chi connectivity index (χ4v) is 8.01. The Balaban J connectivity index is 1.54. The Kier molecular flexibility index (Phi) is 12.0. The van der Waals surface area contributed by atoms with E-state index in [9.17, 15) is 29.6 Å². The Morgan fingerprint density at radius 2 is 1.77 bits per heavy atom. The van der Waals surface area contributed by atoms with Gasteiger partial charge in [-0.05, 0) is 42.7 Å². The Hall–Kier alpha value is -4.88. The number of carboxylic acids is 1. The largest absolute Gasteiger partial charge is 0.480 e. The molecular formula is C35H42N7O9P. The molecule has 1 saturated heterocycles. The van der Waals surface area contributed by atoms with Crippen molar-refractivity contribution in [1.82, 2.24) is 19.3 Å². The number of aliphatic hydroxyl groups is 1. The molecule has 7 atom stereocenters. The van der Waals surface area contributed by atoms with Crippen LogP contribution in [0.1, 0.15) is 50.9 Å². The van der Waals surface area contributed by atoms with E-state index in [0.29, 0.717) is 23.9 Å². The van der Waals surface area contributed by atoms with E-state index >= 15 is 0 Å². The number of fused-ring (bicyclic) bond motifs is 1. The molecule has 0 bridgehead atoms. The Morgan fingerprint density at radius 3 is 2.38 bits per heavy atom. The van der Waals surface area contributed by atoms with Gasteiger partial charge in [0.05, 0.1) is 12.3 Å². The predicted molar refractivity (Wildman–Crippen MR) is 187 cm³/mol. The second-order valence-electron chi connectivity index (χ2n) is 12.4. The molecule has 5 rings (SSSR count). The molecule has 0 amide bonds. The van der Waals surface area contributed by atoms with Gasteiger partial charge in [-0.1, -0.05) is 75.2 Å². The van der Waals surface area contributed by atoms with Crippen molar-refractivity contribution in [1.29, 1.82) is 5.26 Å². The molecule has 0 aliphatic carbocycles. The van der Waals surface area contributed by atoms with Crippen LogP contribution in [0.4, 0.5) is 5.82 Å². The lowest BCUT2D eigenvalue weighted by atomic mass is 9.92. The van der Waals surface area contributed by atoms with Crippen molar-refractivity contribution in [3.63, 3.8) is 0 Å². The van der Waals surface area contributed by atoms with Gasteiger partial charge in [0, 0.05) is 6.54 Å². The number of anilines is 1. The van der Waals surface area contributed by atoms with E-state index in [4.69, 9.17) is 30.0 Å². The summed E-state index contributed by atoms with van der Waals surface area (Å²) < 4.78 is 41.4. The number of ether oxygens (including phenoxy) is 2. The number of carbonyl (C=O) groups excluding carboxylic acids is 1. The van der Waals surface area contributed by atoms with Crippen molar-refractivity contribution < 1.29 is 42.9 Å². The summed E-state index contributed by atoms with van der Waals surface area (Å²) >= 11 is 0. The van der Waals surface area contributed by atoms with Crippen LogP contribution in [0.2, 0.25) is 0 Å². The molecule has 4 aromatic rings. The number of nitriles is 1. The fourth-order valence-electron chi connectivity index (χ4n) is 6.02. The number of hydrogen-bond donors (Lipinski definition) is 4. The van der Waals surface area contributed by atoms with Crippen LogP contribution in [-0.2, 0) is 33.8 Å². The summed E-state index contributed by atoms with van der Waals surface area (Å²) in [6.45, 7) is 4.57. The van der Waals surface area contributed by atoms with E-state index in [2.05, 4.69) is 16.2 Å². The molecule has 16 nitrogen and oxygen atoms in total. The molecule has 2 aromatic heterocycles. The minimum atomic E-state index is -4.57. The zero-order valence-corrected chi connectivity index (χ0v) is 29.8. The van der Waals surface area contributed by atoms with Crippen LogP contribution in [0.25, 0.3) is 5.52 Å². The normalized spacial score (nSPS) is 22.5. The summed E-state index contributed by atoms with van der Waals surface area (Å²) in [7, 11) is -4.57. The Morgan fingerprint density at radius 1 is 1.12 bits per heavy atom. The lowest BCUT2D eigenvalue weighted by Gasteiger charge is -2.35. The number of nitrogens with two attached hydrogens (primary N) is 2. The van der Waals surface area contributed by atoms with E-state index in [1.165, 1.54) is 35.7 Å². The first kappa shape index (κ1) is 38.4. The first-order valence-electron chi connectivity index (χ1n) is 16.7. The van der Waals surface area contributed by atoms with Crippen molar-refractivity contribution >= 4 is 31.0 Å². The van der Waals surface area contributed by atoms with Crippen LogP contribution in [0.5, 0.6) is 5.75 Å². The molecule has 1 aliphatic heterocycles. The molecule has 0 unspecified atom stereocenters. The van der Waals surface area contributed by atoms with Crippen molar-refractivity contribution in [3.05, 3.63) is 90.4 Å². The number of aliphatic carboxylic acids is 1. The third-order valence-electron chi connectivity index (χ3n) is 9.20. The zero-order chi connectivity index (χ0) is 37.6. The SMILES string of the molecule is CCC(CC)CN([C@@H](C)C(=O)O)[P@](=O)(OC[C@H]1O[C@@](C#N)(c2ccc3c(N)ncnn23)[C@H](OC(=O)[C@H](N)c2ccccc2)[C@@H]1O)Oc1ccccc1. The highest BCUT2D eigenvalue weighted by Gasteiger charge is 2.61. The number of aromatic nitrogens is 3. The highest BCUT2D eigenvalue weighted by Crippen LogP contribution is 2.55. The van der Waals surface area contributed by atoms with Gasteiger partial charge < -0.3 is 35.7 Å². The molecule has 276 valence electrons. The van der Waals surface area contributed by atoms with Gasteiger partial charge in [-0.3, -0.25) is 9.32 Å². The summed E-state index contributed by atoms with van der Waals surface area (Å²) in [4.78, 5) is 29.8. The van der Waals surface area contributed by atoms with Crippen molar-refractivity contribution in [3.8, 4) is 11.8 Å². The summed E-state index contributed by atoms with van der Waals surface area (Å²) in [6.07, 6.45) is -2.53. The summed E-state index contributed by atoms with van der Waals surface area (Å²) in [5.41, 5.74) is 10.8. The molecule has 1 fully saturated rings. The average Bonchev–Trinajstić information content (AvgIpc) is 3.71. The summed E-state index contributed by atoms with van der Waals surface area (Å²) in [5.74, 6) is -2.10. The quantitative estimate of drug-likeness (QED) is 0.0945. The summed E-state index contributed by atoms with van der Waals surface area (Å²) in [5, 5.41) is 36.9. The van der Waals surface area contributed by atoms with Gasteiger partial charge in [-0.15, -0.1) is 0 Å². The van der Waals surface area contributed by atoms with Crippen LogP contribution in [0.3, 0.4) is 0 Å². The van der Waals surface area contributed by atoms with Gasteiger partial charge >= 0.3 is 19.7 Å². The van der Waals surface area contributed by atoms with Crippen LogP contribution in [-0.4, -0.2) is 78.9 Å². The third kappa shape index (κ3) is 7.65. The maximum atomic E-state index is 14.9. The highest BCUT2D eigenvalue weighted by molar-refractivity contribution is 7.51. The smallest absolute Gasteiger partial charge is 0.462 e. The maximum Gasteiger partial charge on any atom is 0.462 e. The van der Waals surface area contributed by atoms with E-state index in [1.807, 2.05) is 13.8 Å². The third-order valence-corrected chi connectivity index (χ3v) is 11.3. The van der Waals surface area contributed by atoms with Gasteiger partial charge in [0.15, 0.2) is 11.9 Å². The number of carboxylic acid groups (broad SMARTS) is 1. The molecule has 0 saturated carbocycles. The lowest BCUT2D eigenvalue weighted by molar-refractivity contribution is -0.162. The van der Waals surface area contributed by atoms with Gasteiger partial charge in [0.1, 0.15) is 48.0 Å². The second-order valence-corrected chi connectivity index (χ2v) is 14.3. The van der Waals surface area contributed by atoms with Gasteiger partial charge in [0.2, 0.25) is 5.60 Å². The van der Waals surface area contributed by atoms with E-state index in [1.54, 1.807) is 48.5 Å². The number of rotatable bonds is 16. The number of esters is 1. The molecule has 1 aliphatic rings. The van der Waals surface area contributed by atoms with Crippen LogP contribution in [0, 0.1) is 17.2 Å². The average molecular weight is 736 g/mol. The van der Waals surface area contributed by atoms with Crippen molar-refractivity contribution in [2.45, 2.75) is 69.6 Å². The molecule has 52 heavy (non-hydrogen) atoms. The van der Waals surface area contributed by atoms with Crippen molar-refractivity contribution in [2.24, 2.45) is 11.7 Å². The molecule has 0 spiro atoms. The topological polar surface area (TPSA) is 238 Å². The second kappa shape index (κ2) is 16.2. The lowest BCUT2D eigenvalue weighted by Crippen LogP contribution is -2.46. The molecule has 0 radical (unpaired) electrons. The minimum absolute atomic E-state index is 0.0327. The summed E-state index contributed by atoms with van der Waals surface area (Å²) in [6, 6.07) is 18.9. The van der Waals surface area contributed by atoms with Gasteiger partial charge in [0.25, 0.3) is 0 Å². The molecule has 17 heteroatoms. The number of nitrogen functional groups attached to an aromatic ring is 1. The minimum Gasteiger partial charge on any atom is -0.480 e. The molecule has 3 heterocycles. The monoisotopic (exact) mass is 735 g/mol. The first-order valence-corrected chi connectivity index (χ1v) is 18.2. The number of benzene rings is 2. The van der Waals surface area contributed by atoms with Gasteiger partial charge in [-0.25, -0.2) is 18.9 Å². The van der Waals surface area contributed by atoms with E-state index < -0.39 is 62.3 Å². The molecular weight excluding hydrogens is 693 g/mol. The van der Waals surface area contributed by atoms with E-state index in [0.717, 1.165) is 11.0 Å². The maximum absolute atomic E-state index is 14.9. The van der Waals surface area contributed by atoms with Crippen LogP contribution in [0.15, 0.2) is 79.1 Å². The zero-order valence-electron chi connectivity index (χ0n) is 28.9. The number of nitrogens with zero attached hydrogens (tertiary/aromatic N) is 5. The number of para-hydroxylation sites is 1. The predicted octanol–water partition coefficient (Wildman–Crippen LogP) is 3.82. The van der Waals surface area contributed by atoms with Gasteiger partial charge in [-0.2, -0.15) is 15.0 Å². The Bertz CT molecular complexity index is 1940. The molecule has 6 N–H and O–H groups in total. The highest BCUT2D eigenvalue weighted by atomic mass is 31.2. The number of aliphatic hydroxyl groups excluding tert-OH is 1. The first-order chi connectivity index (χ1) is 24.9. The standard InChI is InChI=1S/C35H42N7O9P/c1-4-23(5-2)18-41(22(3)33(44)45)52(47,51-25-14-10-7-11-15-25)48-19-27-30(43)31(49-34(46)29(37)24-12-8-6-9-13-24)35(20-36,50-27)28-17-16-26-32(38)39-21-40-42(26)28/h6-17,21-23,27,29-31,43H,4-5,18-19,37H2,1-3H3,(H,44,45)(H2,38,39,40)/t22-,27+,29+,30+,31+,35-,52-/m0/s1. The van der Waals surface area contributed by atoms with E-state index in [-0.39, 0.29) is 29.7 Å². The van der Waals surface area contributed by atoms with Crippen LogP contribution >= 0.6 is 7.75 Å². The number of carbonyl (C=O) groups is 2. The molecule has 2 aromatic carbocycles. The number of hydrogen-bond acceptors (Lipinski definition) is 13. The Labute approximate surface area is 300 Å². The fraction of sp³-hybridized carbons (Fsp3) is 0.400.